The first-order chi connectivity index (χ1) is 32.2. The Morgan fingerprint density at radius 2 is 0.775 bits per heavy atom. The predicted molar refractivity (Wildman–Crippen MR) is 312 cm³/mol. The molecule has 7 heteroatoms. The highest BCUT2D eigenvalue weighted by Crippen LogP contribution is 2.33. The van der Waals surface area contributed by atoms with Crippen molar-refractivity contribution in [3.63, 3.8) is 0 Å². The highest BCUT2D eigenvalue weighted by molar-refractivity contribution is 5.47. The van der Waals surface area contributed by atoms with Crippen molar-refractivity contribution in [2.24, 2.45) is 7.05 Å². The first-order valence-electron chi connectivity index (χ1n) is 26.3. The largest absolute Gasteiger partial charge is 0.507 e. The lowest BCUT2D eigenvalue weighted by Gasteiger charge is -2.18. The fraction of sp³-hybridized carbons (Fsp3) is 0.578. The van der Waals surface area contributed by atoms with Crippen LogP contribution in [0.15, 0.2) is 75.2 Å². The molecule has 71 heavy (non-hydrogen) atoms. The maximum atomic E-state index is 12.1. The third kappa shape index (κ3) is 18.0. The summed E-state index contributed by atoms with van der Waals surface area (Å²) in [7, 11) is 1.85. The molecule has 0 atom stereocenters. The Balaban J connectivity index is 0.000000860. The van der Waals surface area contributed by atoms with Crippen molar-refractivity contribution in [2.45, 2.75) is 240 Å². The van der Waals surface area contributed by atoms with Gasteiger partial charge in [-0.1, -0.05) is 155 Å². The fourth-order valence-corrected chi connectivity index (χ4v) is 9.25. The summed E-state index contributed by atoms with van der Waals surface area (Å²) >= 11 is 0. The molecule has 5 aromatic rings. The summed E-state index contributed by atoms with van der Waals surface area (Å²) in [5.74, 6) is 4.15. The van der Waals surface area contributed by atoms with Crippen LogP contribution in [0.2, 0.25) is 0 Å². The Morgan fingerprint density at radius 3 is 1.17 bits per heavy atom. The van der Waals surface area contributed by atoms with Gasteiger partial charge in [-0.2, -0.15) is 0 Å². The number of benzene rings is 2. The van der Waals surface area contributed by atoms with Crippen LogP contribution in [-0.4, -0.2) is 18.8 Å². The number of aromatic hydroxyl groups is 1. The minimum atomic E-state index is 0. The van der Waals surface area contributed by atoms with Gasteiger partial charge in [0.05, 0.1) is 0 Å². The van der Waals surface area contributed by atoms with E-state index in [9.17, 15) is 19.5 Å². The monoisotopic (exact) mass is 978 g/mol. The lowest BCUT2D eigenvalue weighted by atomic mass is 9.90. The lowest BCUT2D eigenvalue weighted by molar-refractivity contribution is 0.459. The first kappa shape index (κ1) is 66.1. The number of pyridine rings is 3. The molecular formula is C64H103N3O4. The number of hydrogen-bond acceptors (Lipinski definition) is 4. The van der Waals surface area contributed by atoms with Gasteiger partial charge in [0.25, 0.3) is 16.7 Å². The average molecular weight is 979 g/mol. The molecule has 5 rings (SSSR count). The van der Waals surface area contributed by atoms with Gasteiger partial charge >= 0.3 is 0 Å². The van der Waals surface area contributed by atoms with E-state index < -0.39 is 0 Å². The Labute approximate surface area is 434 Å². The number of hydrogen-bond donors (Lipinski definition) is 1. The van der Waals surface area contributed by atoms with Gasteiger partial charge in [0.1, 0.15) is 5.75 Å². The summed E-state index contributed by atoms with van der Waals surface area (Å²) in [6.07, 6.45) is 1.90. The van der Waals surface area contributed by atoms with E-state index >= 15 is 0 Å². The van der Waals surface area contributed by atoms with Gasteiger partial charge in [-0.05, 0) is 172 Å². The summed E-state index contributed by atoms with van der Waals surface area (Å²) in [5.41, 5.74) is 15.4. The minimum Gasteiger partial charge on any atom is -0.507 e. The molecule has 0 saturated carbocycles. The van der Waals surface area contributed by atoms with Crippen molar-refractivity contribution in [1.29, 1.82) is 0 Å². The SMILES string of the molecule is C.CC(C)c1ccc(C(C)C)n(C)c1=O.Cc1c(C(C)C)cc(C)n(C(C)C)c1=O.Cc1c(C(C)C)ccc(C(C)C)c1O.Cc1c(C(C)C)cccc1C(C)C.Cc1c(C(C)C)ccn(C(C)C)c1=O. The second kappa shape index (κ2) is 29.6. The van der Waals surface area contributed by atoms with Crippen molar-refractivity contribution in [3.05, 3.63) is 164 Å². The molecule has 0 fully saturated rings. The second-order valence-corrected chi connectivity index (χ2v) is 22.4. The van der Waals surface area contributed by atoms with Crippen molar-refractivity contribution < 1.29 is 5.11 Å². The summed E-state index contributed by atoms with van der Waals surface area (Å²) in [5, 5.41) is 10.00. The van der Waals surface area contributed by atoms with E-state index in [1.54, 1.807) is 9.13 Å². The molecule has 0 radical (unpaired) electrons. The van der Waals surface area contributed by atoms with Gasteiger partial charge in [-0.25, -0.2) is 0 Å². The first-order valence-corrected chi connectivity index (χ1v) is 26.3. The van der Waals surface area contributed by atoms with E-state index in [-0.39, 0.29) is 36.2 Å². The summed E-state index contributed by atoms with van der Waals surface area (Å²) in [4.78, 5) is 35.9. The Kier molecular flexibility index (Phi) is 27.5. The third-order valence-corrected chi connectivity index (χ3v) is 13.4. The Bertz CT molecular complexity index is 2470. The number of phenolic OH excluding ortho intramolecular Hbond substituents is 1. The summed E-state index contributed by atoms with van der Waals surface area (Å²) < 4.78 is 5.41. The maximum Gasteiger partial charge on any atom is 0.254 e. The van der Waals surface area contributed by atoms with Crippen LogP contribution < -0.4 is 16.7 Å². The van der Waals surface area contributed by atoms with Crippen molar-refractivity contribution in [3.8, 4) is 5.75 Å². The highest BCUT2D eigenvalue weighted by Gasteiger charge is 2.16. The fourth-order valence-electron chi connectivity index (χ4n) is 9.25. The van der Waals surface area contributed by atoms with Crippen LogP contribution in [0.4, 0.5) is 0 Å². The Hall–Kier alpha value is -4.91. The van der Waals surface area contributed by atoms with Gasteiger partial charge in [0, 0.05) is 53.4 Å². The number of aromatic nitrogens is 3. The molecule has 0 bridgehead atoms. The van der Waals surface area contributed by atoms with Crippen LogP contribution in [0.25, 0.3) is 0 Å². The molecule has 0 amide bonds. The van der Waals surface area contributed by atoms with Crippen molar-refractivity contribution in [2.75, 3.05) is 0 Å². The molecule has 0 aliphatic heterocycles. The minimum absolute atomic E-state index is 0. The zero-order valence-corrected chi connectivity index (χ0v) is 49.1. The van der Waals surface area contributed by atoms with E-state index in [4.69, 9.17) is 0 Å². The molecule has 0 unspecified atom stereocenters. The van der Waals surface area contributed by atoms with Crippen LogP contribution >= 0.6 is 0 Å². The van der Waals surface area contributed by atoms with Crippen LogP contribution in [0.1, 0.15) is 278 Å². The maximum absolute atomic E-state index is 12.1. The topological polar surface area (TPSA) is 86.2 Å². The number of aryl methyl sites for hydroxylation is 1. The quantitative estimate of drug-likeness (QED) is 0.151. The molecule has 0 aliphatic rings. The van der Waals surface area contributed by atoms with Gasteiger partial charge in [0.15, 0.2) is 0 Å². The molecule has 0 aliphatic carbocycles. The van der Waals surface area contributed by atoms with E-state index in [1.165, 1.54) is 27.8 Å². The molecular weight excluding hydrogens is 875 g/mol. The van der Waals surface area contributed by atoms with Crippen LogP contribution in [-0.2, 0) is 7.05 Å². The highest BCUT2D eigenvalue weighted by atomic mass is 16.3. The van der Waals surface area contributed by atoms with E-state index in [0.29, 0.717) is 53.1 Å². The summed E-state index contributed by atoms with van der Waals surface area (Å²) in [6.45, 7) is 52.5. The average Bonchev–Trinajstić information content (AvgIpc) is 3.24. The zero-order chi connectivity index (χ0) is 54.4. The molecule has 2 aromatic carbocycles. The van der Waals surface area contributed by atoms with Gasteiger partial charge in [-0.15, -0.1) is 0 Å². The third-order valence-electron chi connectivity index (χ3n) is 13.4. The van der Waals surface area contributed by atoms with Crippen molar-refractivity contribution in [1.82, 2.24) is 13.7 Å². The van der Waals surface area contributed by atoms with Gasteiger partial charge in [0.2, 0.25) is 0 Å². The van der Waals surface area contributed by atoms with Gasteiger partial charge in [-0.3, -0.25) is 14.4 Å². The second-order valence-electron chi connectivity index (χ2n) is 22.4. The van der Waals surface area contributed by atoms with Crippen LogP contribution in [0.5, 0.6) is 5.75 Å². The van der Waals surface area contributed by atoms with Crippen molar-refractivity contribution >= 4 is 0 Å². The Morgan fingerprint density at radius 1 is 0.394 bits per heavy atom. The van der Waals surface area contributed by atoms with Crippen LogP contribution in [0.3, 0.4) is 0 Å². The predicted octanol–water partition coefficient (Wildman–Crippen LogP) is 17.5. The smallest absolute Gasteiger partial charge is 0.254 e. The number of phenols is 1. The molecule has 7 nitrogen and oxygen atoms in total. The lowest BCUT2D eigenvalue weighted by Crippen LogP contribution is -2.27. The molecule has 398 valence electrons. The molecule has 0 saturated heterocycles. The van der Waals surface area contributed by atoms with Gasteiger partial charge < -0.3 is 18.8 Å². The molecule has 1 N–H and O–H groups in total. The number of rotatable bonds is 10. The van der Waals surface area contributed by atoms with E-state index in [1.807, 2.05) is 99.2 Å². The molecule has 0 spiro atoms. The number of nitrogens with zero attached hydrogens (tertiary/aromatic N) is 3. The zero-order valence-electron chi connectivity index (χ0n) is 49.1. The molecule has 3 aromatic heterocycles. The van der Waals surface area contributed by atoms with E-state index in [0.717, 1.165) is 44.8 Å². The van der Waals surface area contributed by atoms with E-state index in [2.05, 4.69) is 146 Å². The van der Waals surface area contributed by atoms with Crippen LogP contribution in [0, 0.1) is 34.6 Å². The normalized spacial score (nSPS) is 11.2. The summed E-state index contributed by atoms with van der Waals surface area (Å²) in [6, 6.07) is 19.5. The standard InChI is InChI=1S/C13H21NO.C13H20O.C13H20.2C12H19NO.CH4/c1-8(2)12-7-10(5)14(9(3)4)13(15)11(12)6;1-8(2)11-6-7-12(9(3)4)13(14)10(11)5;1-9(2)12-7-6-8-13(10(3)4)11(12)5;1-8(2)10-6-7-11(9(3)4)13(5)12(10)14;1-8(2)11-6-7-13(9(3)4)12(14)10(11)5;/h7-9H,1-6H3;6-9,14H,1-5H3;6-10H,1-5H3;2*6-9H,1-5H3;1H4. The molecule has 3 heterocycles.